The van der Waals surface area contributed by atoms with Crippen LogP contribution in [0.15, 0.2) is 24.3 Å². The highest BCUT2D eigenvalue weighted by molar-refractivity contribution is 5.83. The molecule has 1 saturated heterocycles. The van der Waals surface area contributed by atoms with Crippen LogP contribution in [0.3, 0.4) is 0 Å². The lowest BCUT2D eigenvalue weighted by molar-refractivity contribution is -0.147. The molecule has 3 rings (SSSR count). The second-order valence-corrected chi connectivity index (χ2v) is 5.39. The van der Waals surface area contributed by atoms with Gasteiger partial charge in [0.2, 0.25) is 0 Å². The Morgan fingerprint density at radius 1 is 1.26 bits per heavy atom. The number of hydrogen-bond acceptors (Lipinski definition) is 3. The van der Waals surface area contributed by atoms with E-state index in [2.05, 4.69) is 17.0 Å². The van der Waals surface area contributed by atoms with Crippen LogP contribution in [-0.2, 0) is 14.9 Å². The van der Waals surface area contributed by atoms with Crippen molar-refractivity contribution in [1.29, 1.82) is 0 Å². The van der Waals surface area contributed by atoms with Gasteiger partial charge < -0.3 is 14.7 Å². The topological polar surface area (TPSA) is 49.8 Å². The zero-order chi connectivity index (χ0) is 13.3. The van der Waals surface area contributed by atoms with E-state index in [-0.39, 0.29) is 0 Å². The molecule has 0 aromatic heterocycles. The van der Waals surface area contributed by atoms with Crippen molar-refractivity contribution >= 4 is 11.7 Å². The minimum Gasteiger partial charge on any atom is -0.481 e. The molecule has 0 atom stereocenters. The Kier molecular flexibility index (Phi) is 3.19. The van der Waals surface area contributed by atoms with Crippen molar-refractivity contribution in [1.82, 2.24) is 0 Å². The van der Waals surface area contributed by atoms with E-state index in [1.807, 2.05) is 12.1 Å². The Balaban J connectivity index is 1.89. The fraction of sp³-hybridized carbons (Fsp3) is 0.533. The predicted octanol–water partition coefficient (Wildman–Crippen LogP) is 2.03. The Hall–Kier alpha value is -1.55. The molecule has 0 bridgehead atoms. The number of benzene rings is 1. The Morgan fingerprint density at radius 2 is 2.00 bits per heavy atom. The summed E-state index contributed by atoms with van der Waals surface area (Å²) >= 11 is 0. The molecule has 0 radical (unpaired) electrons. The summed E-state index contributed by atoms with van der Waals surface area (Å²) in [6.07, 6.45) is 2.53. The monoisotopic (exact) mass is 261 g/mol. The molecule has 1 aliphatic heterocycles. The average molecular weight is 261 g/mol. The first-order valence-electron chi connectivity index (χ1n) is 6.89. The van der Waals surface area contributed by atoms with Gasteiger partial charge in [0.05, 0.1) is 18.6 Å². The number of carboxylic acid groups (broad SMARTS) is 1. The Morgan fingerprint density at radius 3 is 2.58 bits per heavy atom. The number of anilines is 1. The van der Waals surface area contributed by atoms with Gasteiger partial charge in [0, 0.05) is 18.8 Å². The molecule has 1 aliphatic carbocycles. The Labute approximate surface area is 113 Å². The van der Waals surface area contributed by atoms with E-state index in [4.69, 9.17) is 4.74 Å². The Bertz CT molecular complexity index is 476. The first kappa shape index (κ1) is 12.5. The normalized spacial score (nSPS) is 21.8. The fourth-order valence-electron chi connectivity index (χ4n) is 2.98. The summed E-state index contributed by atoms with van der Waals surface area (Å²) < 4.78 is 5.35. The lowest BCUT2D eigenvalue weighted by Crippen LogP contribution is -2.42. The fourth-order valence-corrected chi connectivity index (χ4v) is 2.98. The van der Waals surface area contributed by atoms with Gasteiger partial charge in [-0.3, -0.25) is 4.79 Å². The van der Waals surface area contributed by atoms with Crippen LogP contribution in [0.4, 0.5) is 5.69 Å². The molecule has 4 heteroatoms. The minimum atomic E-state index is -0.683. The van der Waals surface area contributed by atoms with Crippen LogP contribution in [0.25, 0.3) is 0 Å². The molecular weight excluding hydrogens is 242 g/mol. The molecule has 1 aromatic rings. The standard InChI is InChI=1S/C15H19NO3/c17-14(18)15(5-2-6-15)12-3-1-4-13(11-12)16-7-9-19-10-8-16/h1,3-4,11H,2,5-10H2,(H,17,18). The van der Waals surface area contributed by atoms with Crippen molar-refractivity contribution < 1.29 is 14.6 Å². The van der Waals surface area contributed by atoms with Crippen molar-refractivity contribution in [3.8, 4) is 0 Å². The van der Waals surface area contributed by atoms with Crippen molar-refractivity contribution in [3.05, 3.63) is 29.8 Å². The molecule has 2 fully saturated rings. The average Bonchev–Trinajstić information content (AvgIpc) is 2.38. The van der Waals surface area contributed by atoms with E-state index in [0.717, 1.165) is 56.8 Å². The van der Waals surface area contributed by atoms with Gasteiger partial charge in [-0.25, -0.2) is 0 Å². The van der Waals surface area contributed by atoms with Gasteiger partial charge in [0.25, 0.3) is 0 Å². The maximum absolute atomic E-state index is 11.6. The summed E-state index contributed by atoms with van der Waals surface area (Å²) in [5.41, 5.74) is 1.44. The summed E-state index contributed by atoms with van der Waals surface area (Å²) in [5, 5.41) is 9.50. The zero-order valence-electron chi connectivity index (χ0n) is 11.0. The van der Waals surface area contributed by atoms with E-state index in [9.17, 15) is 9.90 Å². The highest BCUT2D eigenvalue weighted by Gasteiger charge is 2.46. The number of morpholine rings is 1. The molecule has 1 aromatic carbocycles. The quantitative estimate of drug-likeness (QED) is 0.904. The molecule has 19 heavy (non-hydrogen) atoms. The maximum atomic E-state index is 11.6. The molecule has 1 heterocycles. The van der Waals surface area contributed by atoms with Crippen LogP contribution in [0.5, 0.6) is 0 Å². The van der Waals surface area contributed by atoms with Gasteiger partial charge in [-0.2, -0.15) is 0 Å². The molecule has 0 spiro atoms. The van der Waals surface area contributed by atoms with Crippen LogP contribution in [0, 0.1) is 0 Å². The van der Waals surface area contributed by atoms with Gasteiger partial charge in [0.15, 0.2) is 0 Å². The molecule has 1 N–H and O–H groups in total. The number of aliphatic carboxylic acids is 1. The summed E-state index contributed by atoms with van der Waals surface area (Å²) in [6.45, 7) is 3.25. The minimum absolute atomic E-state index is 0.637. The SMILES string of the molecule is O=C(O)C1(c2cccc(N3CCOCC3)c2)CCC1. The van der Waals surface area contributed by atoms with Gasteiger partial charge in [-0.1, -0.05) is 18.6 Å². The third-order valence-corrected chi connectivity index (χ3v) is 4.39. The summed E-state index contributed by atoms with van der Waals surface area (Å²) in [6, 6.07) is 8.04. The van der Waals surface area contributed by atoms with Crippen molar-refractivity contribution in [2.45, 2.75) is 24.7 Å². The zero-order valence-corrected chi connectivity index (χ0v) is 11.0. The van der Waals surface area contributed by atoms with Crippen molar-refractivity contribution in [2.75, 3.05) is 31.2 Å². The maximum Gasteiger partial charge on any atom is 0.314 e. The number of nitrogens with zero attached hydrogens (tertiary/aromatic N) is 1. The lowest BCUT2D eigenvalue weighted by atomic mass is 9.64. The second-order valence-electron chi connectivity index (χ2n) is 5.39. The van der Waals surface area contributed by atoms with E-state index in [1.165, 1.54) is 0 Å². The van der Waals surface area contributed by atoms with Crippen LogP contribution >= 0.6 is 0 Å². The first-order chi connectivity index (χ1) is 9.22. The summed E-state index contributed by atoms with van der Waals surface area (Å²) in [7, 11) is 0. The van der Waals surface area contributed by atoms with Gasteiger partial charge in [-0.05, 0) is 30.5 Å². The number of rotatable bonds is 3. The smallest absolute Gasteiger partial charge is 0.314 e. The summed E-state index contributed by atoms with van der Waals surface area (Å²) in [4.78, 5) is 13.8. The highest BCUT2D eigenvalue weighted by atomic mass is 16.5. The molecule has 4 nitrogen and oxygen atoms in total. The van der Waals surface area contributed by atoms with Crippen molar-refractivity contribution in [2.24, 2.45) is 0 Å². The first-order valence-corrected chi connectivity index (χ1v) is 6.89. The summed E-state index contributed by atoms with van der Waals surface area (Å²) in [5.74, 6) is -0.683. The number of carbonyl (C=O) groups is 1. The molecule has 2 aliphatic rings. The lowest BCUT2D eigenvalue weighted by Gasteiger charge is -2.39. The number of hydrogen-bond donors (Lipinski definition) is 1. The third-order valence-electron chi connectivity index (χ3n) is 4.39. The van der Waals surface area contributed by atoms with Crippen LogP contribution in [0.1, 0.15) is 24.8 Å². The van der Waals surface area contributed by atoms with E-state index >= 15 is 0 Å². The van der Waals surface area contributed by atoms with Gasteiger partial charge in [-0.15, -0.1) is 0 Å². The third kappa shape index (κ3) is 2.10. The molecular formula is C15H19NO3. The molecule has 102 valence electrons. The number of carboxylic acids is 1. The van der Waals surface area contributed by atoms with Crippen LogP contribution in [-0.4, -0.2) is 37.4 Å². The van der Waals surface area contributed by atoms with Crippen molar-refractivity contribution in [3.63, 3.8) is 0 Å². The predicted molar refractivity (Wildman–Crippen MR) is 72.6 cm³/mol. The van der Waals surface area contributed by atoms with E-state index in [1.54, 1.807) is 0 Å². The molecule has 1 saturated carbocycles. The van der Waals surface area contributed by atoms with E-state index < -0.39 is 11.4 Å². The van der Waals surface area contributed by atoms with Gasteiger partial charge >= 0.3 is 5.97 Å². The highest BCUT2D eigenvalue weighted by Crippen LogP contribution is 2.44. The van der Waals surface area contributed by atoms with E-state index in [0.29, 0.717) is 0 Å². The molecule has 0 amide bonds. The largest absolute Gasteiger partial charge is 0.481 e. The molecule has 0 unspecified atom stereocenters. The van der Waals surface area contributed by atoms with Crippen LogP contribution < -0.4 is 4.90 Å². The second kappa shape index (κ2) is 4.85. The number of ether oxygens (including phenoxy) is 1. The van der Waals surface area contributed by atoms with Crippen LogP contribution in [0.2, 0.25) is 0 Å². The van der Waals surface area contributed by atoms with Gasteiger partial charge in [0.1, 0.15) is 0 Å².